The first kappa shape index (κ1) is 11.2. The Kier molecular flexibility index (Phi) is 3.30. The lowest BCUT2D eigenvalue weighted by molar-refractivity contribution is 0.485. The van der Waals surface area contributed by atoms with Gasteiger partial charge >= 0.3 is 0 Å². The summed E-state index contributed by atoms with van der Waals surface area (Å²) in [5, 5.41) is 1.30. The molecule has 2 rings (SSSR count). The number of para-hydroxylation sites is 1. The summed E-state index contributed by atoms with van der Waals surface area (Å²) in [6.45, 7) is 5.09. The van der Waals surface area contributed by atoms with Crippen LogP contribution in [-0.2, 0) is 6.54 Å². The maximum absolute atomic E-state index is 5.81. The average molecular weight is 216 g/mol. The summed E-state index contributed by atoms with van der Waals surface area (Å²) in [5.74, 6) is 0. The lowest BCUT2D eigenvalue weighted by Crippen LogP contribution is -2.08. The van der Waals surface area contributed by atoms with Gasteiger partial charge in [0.15, 0.2) is 0 Å². The Balaban J connectivity index is 2.61. The summed E-state index contributed by atoms with van der Waals surface area (Å²) in [4.78, 5) is 0. The standard InChI is InChI=1S/C14H20N2/c1-3-13(4-2)16-9-8-11-6-5-7-12(10-15)14(11)16/h5-9,13H,3-4,10,15H2,1-2H3. The first-order valence-corrected chi connectivity index (χ1v) is 6.10. The van der Waals surface area contributed by atoms with E-state index in [2.05, 4.69) is 48.9 Å². The van der Waals surface area contributed by atoms with Crippen molar-refractivity contribution in [1.29, 1.82) is 0 Å². The van der Waals surface area contributed by atoms with Crippen molar-refractivity contribution in [2.75, 3.05) is 0 Å². The van der Waals surface area contributed by atoms with Gasteiger partial charge in [-0.1, -0.05) is 32.0 Å². The van der Waals surface area contributed by atoms with E-state index in [1.54, 1.807) is 0 Å². The van der Waals surface area contributed by atoms with E-state index in [9.17, 15) is 0 Å². The number of nitrogens with two attached hydrogens (primary N) is 1. The van der Waals surface area contributed by atoms with Crippen molar-refractivity contribution in [2.45, 2.75) is 39.3 Å². The third-order valence-corrected chi connectivity index (χ3v) is 3.38. The van der Waals surface area contributed by atoms with Gasteiger partial charge < -0.3 is 10.3 Å². The van der Waals surface area contributed by atoms with Gasteiger partial charge in [-0.25, -0.2) is 0 Å². The van der Waals surface area contributed by atoms with Crippen LogP contribution < -0.4 is 5.73 Å². The van der Waals surface area contributed by atoms with Gasteiger partial charge in [-0.15, -0.1) is 0 Å². The quantitative estimate of drug-likeness (QED) is 0.833. The summed E-state index contributed by atoms with van der Waals surface area (Å²) in [6, 6.07) is 9.15. The Morgan fingerprint density at radius 2 is 1.94 bits per heavy atom. The average Bonchev–Trinajstić information content (AvgIpc) is 2.75. The Hall–Kier alpha value is -1.28. The molecule has 1 aromatic heterocycles. The Labute approximate surface area is 97.1 Å². The molecule has 0 radical (unpaired) electrons. The van der Waals surface area contributed by atoms with Crippen LogP contribution in [0.5, 0.6) is 0 Å². The maximum atomic E-state index is 5.81. The normalized spacial score (nSPS) is 11.5. The van der Waals surface area contributed by atoms with E-state index in [0.717, 1.165) is 0 Å². The highest BCUT2D eigenvalue weighted by molar-refractivity contribution is 5.83. The molecule has 0 aliphatic rings. The number of hydrogen-bond acceptors (Lipinski definition) is 1. The van der Waals surface area contributed by atoms with Crippen molar-refractivity contribution in [3.8, 4) is 0 Å². The van der Waals surface area contributed by atoms with Gasteiger partial charge in [0, 0.05) is 18.8 Å². The second-order valence-electron chi connectivity index (χ2n) is 4.25. The van der Waals surface area contributed by atoms with E-state index in [1.807, 2.05) is 0 Å². The molecule has 0 amide bonds. The molecular weight excluding hydrogens is 196 g/mol. The van der Waals surface area contributed by atoms with Crippen molar-refractivity contribution in [1.82, 2.24) is 4.57 Å². The van der Waals surface area contributed by atoms with Crippen LogP contribution in [0, 0.1) is 0 Å². The van der Waals surface area contributed by atoms with Crippen LogP contribution in [-0.4, -0.2) is 4.57 Å². The minimum atomic E-state index is 0.588. The fraction of sp³-hybridized carbons (Fsp3) is 0.429. The molecule has 0 unspecified atom stereocenters. The lowest BCUT2D eigenvalue weighted by atomic mass is 10.1. The molecule has 0 saturated carbocycles. The van der Waals surface area contributed by atoms with E-state index in [-0.39, 0.29) is 0 Å². The minimum absolute atomic E-state index is 0.588. The molecule has 0 atom stereocenters. The first-order chi connectivity index (χ1) is 7.81. The van der Waals surface area contributed by atoms with Gasteiger partial charge in [0.2, 0.25) is 0 Å². The Bertz CT molecular complexity index is 467. The molecule has 0 bridgehead atoms. The first-order valence-electron chi connectivity index (χ1n) is 6.10. The molecule has 0 aliphatic heterocycles. The topological polar surface area (TPSA) is 30.9 Å². The third kappa shape index (κ3) is 1.74. The lowest BCUT2D eigenvalue weighted by Gasteiger charge is -2.17. The summed E-state index contributed by atoms with van der Waals surface area (Å²) >= 11 is 0. The predicted molar refractivity (Wildman–Crippen MR) is 69.4 cm³/mol. The van der Waals surface area contributed by atoms with Crippen molar-refractivity contribution >= 4 is 10.9 Å². The molecule has 1 aromatic carbocycles. The predicted octanol–water partition coefficient (Wildman–Crippen LogP) is 3.46. The second-order valence-corrected chi connectivity index (χ2v) is 4.25. The Morgan fingerprint density at radius 3 is 2.56 bits per heavy atom. The molecular formula is C14H20N2. The van der Waals surface area contributed by atoms with Crippen molar-refractivity contribution in [3.63, 3.8) is 0 Å². The van der Waals surface area contributed by atoms with E-state index in [0.29, 0.717) is 12.6 Å². The van der Waals surface area contributed by atoms with Crippen LogP contribution in [0.15, 0.2) is 30.5 Å². The number of fused-ring (bicyclic) bond motifs is 1. The van der Waals surface area contributed by atoms with Gasteiger partial charge in [-0.2, -0.15) is 0 Å². The van der Waals surface area contributed by atoms with Crippen LogP contribution in [0.25, 0.3) is 10.9 Å². The van der Waals surface area contributed by atoms with Crippen LogP contribution >= 0.6 is 0 Å². The zero-order valence-corrected chi connectivity index (χ0v) is 10.1. The number of rotatable bonds is 4. The zero-order valence-electron chi connectivity index (χ0n) is 10.1. The molecule has 0 aliphatic carbocycles. The van der Waals surface area contributed by atoms with Gasteiger partial charge in [0.25, 0.3) is 0 Å². The van der Waals surface area contributed by atoms with E-state index in [4.69, 9.17) is 5.73 Å². The van der Waals surface area contributed by atoms with Gasteiger partial charge in [-0.05, 0) is 29.9 Å². The van der Waals surface area contributed by atoms with E-state index < -0.39 is 0 Å². The fourth-order valence-corrected chi connectivity index (χ4v) is 2.45. The number of hydrogen-bond donors (Lipinski definition) is 1. The highest BCUT2D eigenvalue weighted by atomic mass is 15.0. The largest absolute Gasteiger partial charge is 0.344 e. The van der Waals surface area contributed by atoms with Crippen LogP contribution in [0.3, 0.4) is 0 Å². The molecule has 0 fully saturated rings. The summed E-state index contributed by atoms with van der Waals surface area (Å²) in [6.07, 6.45) is 4.53. The number of benzene rings is 1. The van der Waals surface area contributed by atoms with E-state index in [1.165, 1.54) is 29.3 Å². The molecule has 1 heterocycles. The number of aromatic nitrogens is 1. The maximum Gasteiger partial charge on any atom is 0.0528 e. The molecule has 86 valence electrons. The minimum Gasteiger partial charge on any atom is -0.344 e. The highest BCUT2D eigenvalue weighted by Gasteiger charge is 2.11. The van der Waals surface area contributed by atoms with Crippen molar-refractivity contribution < 1.29 is 0 Å². The summed E-state index contributed by atoms with van der Waals surface area (Å²) in [7, 11) is 0. The highest BCUT2D eigenvalue weighted by Crippen LogP contribution is 2.26. The van der Waals surface area contributed by atoms with Crippen LogP contribution in [0.2, 0.25) is 0 Å². The molecule has 2 nitrogen and oxygen atoms in total. The van der Waals surface area contributed by atoms with Gasteiger partial charge in [-0.3, -0.25) is 0 Å². The van der Waals surface area contributed by atoms with Crippen LogP contribution in [0.4, 0.5) is 0 Å². The molecule has 16 heavy (non-hydrogen) atoms. The molecule has 2 aromatic rings. The monoisotopic (exact) mass is 216 g/mol. The second kappa shape index (κ2) is 4.71. The molecule has 2 heteroatoms. The van der Waals surface area contributed by atoms with Gasteiger partial charge in [0.1, 0.15) is 0 Å². The zero-order chi connectivity index (χ0) is 11.5. The SMILES string of the molecule is CCC(CC)n1ccc2cccc(CN)c21. The smallest absolute Gasteiger partial charge is 0.0528 e. The molecule has 0 spiro atoms. The van der Waals surface area contributed by atoms with Crippen molar-refractivity contribution in [3.05, 3.63) is 36.0 Å². The summed E-state index contributed by atoms with van der Waals surface area (Å²) < 4.78 is 2.39. The Morgan fingerprint density at radius 1 is 1.19 bits per heavy atom. The van der Waals surface area contributed by atoms with Gasteiger partial charge in [0.05, 0.1) is 5.52 Å². The fourth-order valence-electron chi connectivity index (χ4n) is 2.45. The molecule has 0 saturated heterocycles. The summed E-state index contributed by atoms with van der Waals surface area (Å²) in [5.41, 5.74) is 8.38. The van der Waals surface area contributed by atoms with E-state index >= 15 is 0 Å². The third-order valence-electron chi connectivity index (χ3n) is 3.38. The van der Waals surface area contributed by atoms with Crippen molar-refractivity contribution in [2.24, 2.45) is 5.73 Å². The number of nitrogens with zero attached hydrogens (tertiary/aromatic N) is 1. The molecule has 2 N–H and O–H groups in total. The van der Waals surface area contributed by atoms with Crippen LogP contribution in [0.1, 0.15) is 38.3 Å².